The van der Waals surface area contributed by atoms with Crippen molar-refractivity contribution in [3.05, 3.63) is 65.8 Å². The predicted molar refractivity (Wildman–Crippen MR) is 82.4 cm³/mol. The van der Waals surface area contributed by atoms with Crippen LogP contribution in [0.5, 0.6) is 0 Å². The molecule has 0 saturated carbocycles. The molecule has 1 aliphatic rings. The third kappa shape index (κ3) is 2.59. The second-order valence-corrected chi connectivity index (χ2v) is 5.34. The summed E-state index contributed by atoms with van der Waals surface area (Å²) in [5.74, 6) is 1.32. The Morgan fingerprint density at radius 3 is 2.78 bits per heavy atom. The lowest BCUT2D eigenvalue weighted by Crippen LogP contribution is -2.36. The molecule has 23 heavy (non-hydrogen) atoms. The van der Waals surface area contributed by atoms with Gasteiger partial charge in [0.2, 0.25) is 5.89 Å². The third-order valence-electron chi connectivity index (χ3n) is 3.83. The second kappa shape index (κ2) is 5.64. The fourth-order valence-electron chi connectivity index (χ4n) is 2.65. The highest BCUT2D eigenvalue weighted by Gasteiger charge is 2.27. The van der Waals surface area contributed by atoms with Gasteiger partial charge in [-0.2, -0.15) is 5.10 Å². The van der Waals surface area contributed by atoms with Gasteiger partial charge in [0.15, 0.2) is 5.69 Å². The number of carbonyl (C=O) groups is 1. The number of hydrogen-bond donors (Lipinski definition) is 0. The van der Waals surface area contributed by atoms with Crippen molar-refractivity contribution in [3.8, 4) is 11.5 Å². The lowest BCUT2D eigenvalue weighted by molar-refractivity contribution is 0.0720. The van der Waals surface area contributed by atoms with E-state index >= 15 is 0 Å². The van der Waals surface area contributed by atoms with Gasteiger partial charge in [0.05, 0.1) is 6.54 Å². The average Bonchev–Trinajstić information content (AvgIpc) is 3.06. The van der Waals surface area contributed by atoms with Crippen LogP contribution in [0, 0.1) is 0 Å². The van der Waals surface area contributed by atoms with Crippen molar-refractivity contribution in [1.29, 1.82) is 0 Å². The van der Waals surface area contributed by atoms with E-state index in [-0.39, 0.29) is 5.91 Å². The number of amides is 1. The van der Waals surface area contributed by atoms with Crippen molar-refractivity contribution in [2.45, 2.75) is 13.0 Å². The fourth-order valence-corrected chi connectivity index (χ4v) is 2.65. The molecule has 0 bridgehead atoms. The van der Waals surface area contributed by atoms with Crippen LogP contribution in [0.1, 0.15) is 21.9 Å². The van der Waals surface area contributed by atoms with E-state index < -0.39 is 0 Å². The zero-order chi connectivity index (χ0) is 15.6. The van der Waals surface area contributed by atoms with Gasteiger partial charge in [0, 0.05) is 24.7 Å². The summed E-state index contributed by atoms with van der Waals surface area (Å²) in [5.41, 5.74) is 2.10. The Kier molecular flexibility index (Phi) is 3.34. The van der Waals surface area contributed by atoms with Gasteiger partial charge in [-0.15, -0.1) is 5.10 Å². The van der Waals surface area contributed by atoms with E-state index in [0.29, 0.717) is 31.1 Å². The maximum absolute atomic E-state index is 12.5. The standard InChI is InChI=1S/C17H14N4O2/c22-17(13-7-4-9-18-20-13)21-10-8-15-14(11-21)19-16(23-15)12-5-2-1-3-6-12/h1-7,9H,8,10-11H2. The normalized spacial score (nSPS) is 13.7. The minimum absolute atomic E-state index is 0.131. The summed E-state index contributed by atoms with van der Waals surface area (Å²) in [6.45, 7) is 1.02. The quantitative estimate of drug-likeness (QED) is 0.726. The van der Waals surface area contributed by atoms with Gasteiger partial charge >= 0.3 is 0 Å². The molecule has 1 amide bonds. The molecule has 0 saturated heterocycles. The zero-order valence-electron chi connectivity index (χ0n) is 12.3. The zero-order valence-corrected chi connectivity index (χ0v) is 12.3. The number of carbonyl (C=O) groups excluding carboxylic acids is 1. The number of oxazole rings is 1. The molecule has 0 N–H and O–H groups in total. The molecule has 4 rings (SSSR count). The van der Waals surface area contributed by atoms with E-state index in [1.165, 1.54) is 0 Å². The van der Waals surface area contributed by atoms with Gasteiger partial charge in [0.1, 0.15) is 11.5 Å². The Morgan fingerprint density at radius 2 is 2.00 bits per heavy atom. The van der Waals surface area contributed by atoms with Gasteiger partial charge < -0.3 is 9.32 Å². The van der Waals surface area contributed by atoms with Crippen LogP contribution in [0.25, 0.3) is 11.5 Å². The van der Waals surface area contributed by atoms with Crippen LogP contribution in [0.15, 0.2) is 53.1 Å². The lowest BCUT2D eigenvalue weighted by atomic mass is 10.1. The van der Waals surface area contributed by atoms with Gasteiger partial charge in [-0.3, -0.25) is 4.79 Å². The van der Waals surface area contributed by atoms with E-state index in [4.69, 9.17) is 4.42 Å². The van der Waals surface area contributed by atoms with Crippen LogP contribution in [0.4, 0.5) is 0 Å². The molecule has 1 aromatic carbocycles. The minimum Gasteiger partial charge on any atom is -0.441 e. The molecule has 6 nitrogen and oxygen atoms in total. The average molecular weight is 306 g/mol. The Labute approximate surface area is 132 Å². The van der Waals surface area contributed by atoms with Crippen molar-refractivity contribution in [2.24, 2.45) is 0 Å². The van der Waals surface area contributed by atoms with Crippen LogP contribution >= 0.6 is 0 Å². The van der Waals surface area contributed by atoms with Crippen LogP contribution in [0.3, 0.4) is 0 Å². The summed E-state index contributed by atoms with van der Waals surface area (Å²) in [6.07, 6.45) is 2.20. The summed E-state index contributed by atoms with van der Waals surface area (Å²) < 4.78 is 5.85. The first-order valence-corrected chi connectivity index (χ1v) is 7.42. The number of hydrogen-bond acceptors (Lipinski definition) is 5. The molecule has 3 heterocycles. The van der Waals surface area contributed by atoms with E-state index in [1.54, 1.807) is 23.2 Å². The molecule has 0 atom stereocenters. The summed E-state index contributed by atoms with van der Waals surface area (Å²) in [4.78, 5) is 18.7. The largest absolute Gasteiger partial charge is 0.441 e. The number of benzene rings is 1. The monoisotopic (exact) mass is 306 g/mol. The first-order valence-electron chi connectivity index (χ1n) is 7.42. The Bertz CT molecular complexity index is 830. The fraction of sp³-hybridized carbons (Fsp3) is 0.176. The van der Waals surface area contributed by atoms with Crippen molar-refractivity contribution >= 4 is 5.91 Å². The summed E-state index contributed by atoms with van der Waals surface area (Å²) >= 11 is 0. The van der Waals surface area contributed by atoms with Gasteiger partial charge in [-0.05, 0) is 24.3 Å². The highest BCUT2D eigenvalue weighted by Crippen LogP contribution is 2.26. The van der Waals surface area contributed by atoms with Crippen LogP contribution in [-0.4, -0.2) is 32.5 Å². The number of fused-ring (bicyclic) bond motifs is 1. The van der Waals surface area contributed by atoms with Gasteiger partial charge in [-0.1, -0.05) is 18.2 Å². The molecule has 0 aliphatic carbocycles. The molecule has 0 fully saturated rings. The molecule has 114 valence electrons. The smallest absolute Gasteiger partial charge is 0.274 e. The summed E-state index contributed by atoms with van der Waals surface area (Å²) in [7, 11) is 0. The number of nitrogens with zero attached hydrogens (tertiary/aromatic N) is 4. The van der Waals surface area contributed by atoms with Crippen LogP contribution in [0.2, 0.25) is 0 Å². The van der Waals surface area contributed by atoms with Crippen LogP contribution < -0.4 is 0 Å². The maximum Gasteiger partial charge on any atom is 0.274 e. The Hall–Kier alpha value is -3.02. The molecule has 0 radical (unpaired) electrons. The van der Waals surface area contributed by atoms with Crippen LogP contribution in [-0.2, 0) is 13.0 Å². The topological polar surface area (TPSA) is 72.1 Å². The predicted octanol–water partition coefficient (Wildman–Crippen LogP) is 2.33. The Balaban J connectivity index is 1.58. The molecular weight excluding hydrogens is 292 g/mol. The first-order chi connectivity index (χ1) is 11.3. The first kappa shape index (κ1) is 13.6. The van der Waals surface area contributed by atoms with Gasteiger partial charge in [-0.25, -0.2) is 4.98 Å². The van der Waals surface area contributed by atoms with E-state index in [1.807, 2.05) is 30.3 Å². The SMILES string of the molecule is O=C(c1cccnn1)N1CCc2oc(-c3ccccc3)nc2C1. The highest BCUT2D eigenvalue weighted by molar-refractivity contribution is 5.92. The van der Waals surface area contributed by atoms with Crippen molar-refractivity contribution in [1.82, 2.24) is 20.1 Å². The van der Waals surface area contributed by atoms with Gasteiger partial charge in [0.25, 0.3) is 5.91 Å². The second-order valence-electron chi connectivity index (χ2n) is 5.34. The molecule has 0 spiro atoms. The Morgan fingerprint density at radius 1 is 1.13 bits per heavy atom. The molecule has 0 unspecified atom stereocenters. The lowest BCUT2D eigenvalue weighted by Gasteiger charge is -2.24. The van der Waals surface area contributed by atoms with E-state index in [0.717, 1.165) is 17.0 Å². The molecule has 1 aliphatic heterocycles. The molecule has 6 heteroatoms. The number of aromatic nitrogens is 3. The maximum atomic E-state index is 12.5. The van der Waals surface area contributed by atoms with Crippen molar-refractivity contribution in [3.63, 3.8) is 0 Å². The molecular formula is C17H14N4O2. The molecule has 3 aromatic rings. The third-order valence-corrected chi connectivity index (χ3v) is 3.83. The summed E-state index contributed by atoms with van der Waals surface area (Å²) in [6, 6.07) is 13.1. The van der Waals surface area contributed by atoms with Crippen molar-refractivity contribution in [2.75, 3.05) is 6.54 Å². The van der Waals surface area contributed by atoms with E-state index in [9.17, 15) is 4.79 Å². The summed E-state index contributed by atoms with van der Waals surface area (Å²) in [5, 5.41) is 7.63. The van der Waals surface area contributed by atoms with E-state index in [2.05, 4.69) is 15.2 Å². The minimum atomic E-state index is -0.131. The number of rotatable bonds is 2. The molecule has 2 aromatic heterocycles. The van der Waals surface area contributed by atoms with Crippen molar-refractivity contribution < 1.29 is 9.21 Å². The highest BCUT2D eigenvalue weighted by atomic mass is 16.4.